The van der Waals surface area contributed by atoms with Gasteiger partial charge in [0.15, 0.2) is 0 Å². The van der Waals surface area contributed by atoms with E-state index in [1.165, 1.54) is 11.3 Å². The summed E-state index contributed by atoms with van der Waals surface area (Å²) in [7, 11) is 0. The molecule has 1 amide bonds. The number of pyridine rings is 1. The molecule has 0 saturated carbocycles. The normalized spacial score (nSPS) is 10.2. The third-order valence-corrected chi connectivity index (χ3v) is 2.88. The van der Waals surface area contributed by atoms with Crippen molar-refractivity contribution in [2.24, 2.45) is 5.73 Å². The first kappa shape index (κ1) is 9.79. The van der Waals surface area contributed by atoms with Crippen molar-refractivity contribution in [2.45, 2.75) is 6.92 Å². The van der Waals surface area contributed by atoms with Crippen molar-refractivity contribution >= 4 is 17.2 Å². The van der Waals surface area contributed by atoms with Crippen LogP contribution in [0.25, 0.3) is 10.6 Å². The molecule has 0 aliphatic heterocycles. The van der Waals surface area contributed by atoms with Crippen LogP contribution in [0.3, 0.4) is 0 Å². The van der Waals surface area contributed by atoms with Gasteiger partial charge in [-0.15, -0.1) is 11.3 Å². The smallest absolute Gasteiger partial charge is 0.268 e. The largest absolute Gasteiger partial charge is 0.364 e. The van der Waals surface area contributed by atoms with Gasteiger partial charge in [0.25, 0.3) is 5.91 Å². The number of amides is 1. The summed E-state index contributed by atoms with van der Waals surface area (Å²) in [6, 6.07) is 1.87. The molecule has 0 aliphatic rings. The lowest BCUT2D eigenvalue weighted by molar-refractivity contribution is 0.0996. The summed E-state index contributed by atoms with van der Waals surface area (Å²) in [6.45, 7) is 1.95. The number of hydrogen-bond acceptors (Lipinski definition) is 4. The van der Waals surface area contributed by atoms with Gasteiger partial charge in [-0.25, -0.2) is 4.98 Å². The van der Waals surface area contributed by atoms with E-state index in [9.17, 15) is 4.79 Å². The van der Waals surface area contributed by atoms with Crippen LogP contribution in [-0.4, -0.2) is 15.9 Å². The van der Waals surface area contributed by atoms with Gasteiger partial charge in [0.1, 0.15) is 10.7 Å². The first-order valence-electron chi connectivity index (χ1n) is 4.35. The molecule has 2 aromatic rings. The monoisotopic (exact) mass is 219 g/mol. The Hall–Kier alpha value is -1.75. The van der Waals surface area contributed by atoms with Gasteiger partial charge < -0.3 is 5.73 Å². The number of thiazole rings is 1. The number of aromatic nitrogens is 2. The van der Waals surface area contributed by atoms with Crippen LogP contribution < -0.4 is 5.73 Å². The molecule has 76 valence electrons. The van der Waals surface area contributed by atoms with Gasteiger partial charge in [-0.3, -0.25) is 9.78 Å². The summed E-state index contributed by atoms with van der Waals surface area (Å²) in [5.41, 5.74) is 7.47. The average molecular weight is 219 g/mol. The fourth-order valence-electron chi connectivity index (χ4n) is 1.22. The Morgan fingerprint density at radius 2 is 2.33 bits per heavy atom. The Morgan fingerprint density at radius 3 is 2.93 bits per heavy atom. The molecule has 2 heterocycles. The molecule has 2 aromatic heterocycles. The highest BCUT2D eigenvalue weighted by Gasteiger charge is 2.09. The second kappa shape index (κ2) is 3.78. The van der Waals surface area contributed by atoms with Crippen LogP contribution in [-0.2, 0) is 0 Å². The van der Waals surface area contributed by atoms with Crippen LogP contribution in [0.15, 0.2) is 23.8 Å². The molecule has 0 unspecified atom stereocenters. The number of hydrogen-bond donors (Lipinski definition) is 1. The predicted octanol–water partition coefficient (Wildman–Crippen LogP) is 1.61. The van der Waals surface area contributed by atoms with Gasteiger partial charge in [0.2, 0.25) is 0 Å². The maximum atomic E-state index is 10.9. The third-order valence-electron chi connectivity index (χ3n) is 2.01. The molecule has 0 radical (unpaired) electrons. The maximum absolute atomic E-state index is 10.9. The lowest BCUT2D eigenvalue weighted by Crippen LogP contribution is -2.10. The SMILES string of the molecule is Cc1cnccc1-c1nc(C(N)=O)cs1. The van der Waals surface area contributed by atoms with E-state index in [0.717, 1.165) is 16.1 Å². The number of carbonyl (C=O) groups excluding carboxylic acids is 1. The summed E-state index contributed by atoms with van der Waals surface area (Å²) in [5.74, 6) is -0.496. The molecule has 5 heteroatoms. The molecule has 0 fully saturated rings. The fraction of sp³-hybridized carbons (Fsp3) is 0.100. The summed E-state index contributed by atoms with van der Waals surface area (Å²) in [5, 5.41) is 2.46. The number of aryl methyl sites for hydroxylation is 1. The second-order valence-corrected chi connectivity index (χ2v) is 3.95. The lowest BCUT2D eigenvalue weighted by Gasteiger charge is -1.99. The highest BCUT2D eigenvalue weighted by atomic mass is 32.1. The molecule has 0 spiro atoms. The number of primary amides is 1. The molecular formula is C10H9N3OS. The maximum Gasteiger partial charge on any atom is 0.268 e. The van der Waals surface area contributed by atoms with E-state index in [0.29, 0.717) is 5.69 Å². The third kappa shape index (κ3) is 1.87. The van der Waals surface area contributed by atoms with E-state index in [-0.39, 0.29) is 0 Å². The average Bonchev–Trinajstić information content (AvgIpc) is 2.67. The zero-order chi connectivity index (χ0) is 10.8. The van der Waals surface area contributed by atoms with Crippen molar-refractivity contribution in [1.29, 1.82) is 0 Å². The van der Waals surface area contributed by atoms with Crippen molar-refractivity contribution in [3.63, 3.8) is 0 Å². The quantitative estimate of drug-likeness (QED) is 0.834. The van der Waals surface area contributed by atoms with E-state index in [1.54, 1.807) is 17.8 Å². The van der Waals surface area contributed by atoms with E-state index < -0.39 is 5.91 Å². The van der Waals surface area contributed by atoms with E-state index in [4.69, 9.17) is 5.73 Å². The van der Waals surface area contributed by atoms with Crippen molar-refractivity contribution in [1.82, 2.24) is 9.97 Å². The minimum Gasteiger partial charge on any atom is -0.364 e. The number of nitrogens with zero attached hydrogens (tertiary/aromatic N) is 2. The lowest BCUT2D eigenvalue weighted by atomic mass is 10.2. The van der Waals surface area contributed by atoms with Gasteiger partial charge >= 0.3 is 0 Å². The second-order valence-electron chi connectivity index (χ2n) is 3.09. The molecule has 0 bridgehead atoms. The van der Waals surface area contributed by atoms with Gasteiger partial charge in [0, 0.05) is 23.3 Å². The Bertz CT molecular complexity index is 507. The highest BCUT2D eigenvalue weighted by molar-refractivity contribution is 7.13. The Kier molecular flexibility index (Phi) is 2.47. The molecule has 2 N–H and O–H groups in total. The minimum atomic E-state index is -0.496. The predicted molar refractivity (Wildman–Crippen MR) is 58.6 cm³/mol. The van der Waals surface area contributed by atoms with Crippen LogP contribution >= 0.6 is 11.3 Å². The summed E-state index contributed by atoms with van der Waals surface area (Å²) in [6.07, 6.45) is 3.47. The number of carbonyl (C=O) groups is 1. The molecule has 2 rings (SSSR count). The van der Waals surface area contributed by atoms with Crippen molar-refractivity contribution < 1.29 is 4.79 Å². The van der Waals surface area contributed by atoms with E-state index in [1.807, 2.05) is 13.0 Å². The summed E-state index contributed by atoms with van der Waals surface area (Å²) >= 11 is 1.41. The van der Waals surface area contributed by atoms with Crippen LogP contribution in [0.2, 0.25) is 0 Å². The Labute approximate surface area is 90.8 Å². The molecule has 0 atom stereocenters. The standard InChI is InChI=1S/C10H9N3OS/c1-6-4-12-3-2-7(6)10-13-8(5-15-10)9(11)14/h2-5H,1H3,(H2,11,14). The minimum absolute atomic E-state index is 0.311. The number of nitrogens with two attached hydrogens (primary N) is 1. The summed E-state index contributed by atoms with van der Waals surface area (Å²) < 4.78 is 0. The molecular weight excluding hydrogens is 210 g/mol. The zero-order valence-corrected chi connectivity index (χ0v) is 8.91. The van der Waals surface area contributed by atoms with Crippen molar-refractivity contribution in [2.75, 3.05) is 0 Å². The fourth-order valence-corrected chi connectivity index (χ4v) is 2.12. The first-order chi connectivity index (χ1) is 7.18. The van der Waals surface area contributed by atoms with Gasteiger partial charge in [-0.2, -0.15) is 0 Å². The van der Waals surface area contributed by atoms with Crippen LogP contribution in [0, 0.1) is 6.92 Å². The first-order valence-corrected chi connectivity index (χ1v) is 5.23. The molecule has 15 heavy (non-hydrogen) atoms. The molecule has 0 saturated heterocycles. The van der Waals surface area contributed by atoms with Gasteiger partial charge in [0.05, 0.1) is 0 Å². The highest BCUT2D eigenvalue weighted by Crippen LogP contribution is 2.25. The topological polar surface area (TPSA) is 68.9 Å². The van der Waals surface area contributed by atoms with Crippen molar-refractivity contribution in [3.05, 3.63) is 35.1 Å². The summed E-state index contributed by atoms with van der Waals surface area (Å²) in [4.78, 5) is 19.0. The molecule has 0 aliphatic carbocycles. The van der Waals surface area contributed by atoms with Crippen molar-refractivity contribution in [3.8, 4) is 10.6 Å². The molecule has 4 nitrogen and oxygen atoms in total. The number of rotatable bonds is 2. The van der Waals surface area contributed by atoms with Gasteiger partial charge in [-0.1, -0.05) is 0 Å². The Balaban J connectivity index is 2.46. The molecule has 0 aromatic carbocycles. The van der Waals surface area contributed by atoms with Crippen LogP contribution in [0.4, 0.5) is 0 Å². The van der Waals surface area contributed by atoms with E-state index in [2.05, 4.69) is 9.97 Å². The van der Waals surface area contributed by atoms with Gasteiger partial charge in [-0.05, 0) is 18.6 Å². The van der Waals surface area contributed by atoms with Crippen LogP contribution in [0.5, 0.6) is 0 Å². The van der Waals surface area contributed by atoms with E-state index >= 15 is 0 Å². The van der Waals surface area contributed by atoms with Crippen LogP contribution in [0.1, 0.15) is 16.1 Å². The Morgan fingerprint density at radius 1 is 1.53 bits per heavy atom. The zero-order valence-electron chi connectivity index (χ0n) is 8.10.